The fourth-order valence-electron chi connectivity index (χ4n) is 0.770. The smallest absolute Gasteiger partial charge is 0.185 e. The third kappa shape index (κ3) is 5.81. The van der Waals surface area contributed by atoms with Crippen molar-refractivity contribution in [1.29, 1.82) is 0 Å². The Morgan fingerprint density at radius 1 is 1.54 bits per heavy atom. The second-order valence-corrected chi connectivity index (χ2v) is 4.59. The molecule has 0 bridgehead atoms. The molecule has 0 saturated heterocycles. The molecule has 2 atom stereocenters. The molecular formula is C7H15IN4O. The lowest BCUT2D eigenvalue weighted by atomic mass is 10.1. The zero-order valence-electron chi connectivity index (χ0n) is 7.53. The molecular weight excluding hydrogens is 283 g/mol. The average Bonchev–Trinajstić information content (AvgIpc) is 2.02. The Balaban J connectivity index is 3.81. The number of nitrogens with zero attached hydrogens (tertiary/aromatic N) is 1. The minimum Gasteiger partial charge on any atom is -0.370 e. The lowest BCUT2D eigenvalue weighted by Gasteiger charge is -2.10. The number of halogens is 1. The number of carbonyl (C=O) groups excluding carboxylic acids is 1. The number of aliphatic imine (C=N–C) groups is 1. The number of carbonyl (C=O) groups is 1. The molecule has 0 radical (unpaired) electrons. The predicted molar refractivity (Wildman–Crippen MR) is 61.8 cm³/mol. The van der Waals surface area contributed by atoms with Crippen molar-refractivity contribution >= 4 is 34.3 Å². The maximum Gasteiger partial charge on any atom is 0.185 e. The maximum atomic E-state index is 11.3. The van der Waals surface area contributed by atoms with Crippen LogP contribution in [0.1, 0.15) is 13.3 Å². The van der Waals surface area contributed by atoms with Gasteiger partial charge in [-0.15, -0.1) is 0 Å². The van der Waals surface area contributed by atoms with Crippen LogP contribution in [0, 0.1) is 0 Å². The Bertz CT molecular complexity index is 201. The maximum absolute atomic E-state index is 11.3. The van der Waals surface area contributed by atoms with Gasteiger partial charge in [0, 0.05) is 6.54 Å². The Hall–Kier alpha value is -0.370. The molecule has 0 aliphatic carbocycles. The van der Waals surface area contributed by atoms with Gasteiger partial charge in [-0.05, 0) is 13.3 Å². The molecule has 13 heavy (non-hydrogen) atoms. The van der Waals surface area contributed by atoms with Gasteiger partial charge in [0.05, 0.1) is 9.97 Å². The van der Waals surface area contributed by atoms with E-state index in [1.54, 1.807) is 0 Å². The molecule has 76 valence electrons. The van der Waals surface area contributed by atoms with E-state index >= 15 is 0 Å². The molecule has 0 aliphatic rings. The summed E-state index contributed by atoms with van der Waals surface area (Å²) >= 11 is 2.03. The van der Waals surface area contributed by atoms with Gasteiger partial charge in [0.1, 0.15) is 0 Å². The van der Waals surface area contributed by atoms with E-state index in [9.17, 15) is 4.79 Å². The van der Waals surface area contributed by atoms with Gasteiger partial charge in [0.2, 0.25) is 0 Å². The highest BCUT2D eigenvalue weighted by Gasteiger charge is 2.17. The van der Waals surface area contributed by atoms with E-state index in [0.717, 1.165) is 0 Å². The molecule has 6 N–H and O–H groups in total. The van der Waals surface area contributed by atoms with E-state index in [0.29, 0.717) is 13.0 Å². The molecule has 0 rings (SSSR count). The quantitative estimate of drug-likeness (QED) is 0.272. The zero-order chi connectivity index (χ0) is 10.4. The number of ketones is 1. The number of nitrogens with two attached hydrogens (primary N) is 3. The predicted octanol–water partition coefficient (Wildman–Crippen LogP) is -0.630. The standard InChI is InChI=1S/C7H15IN4O/c1-4(8)6(13)5(9)2-3-12-7(10)11/h4-5H,2-3,9H2,1H3,(H4,10,11,12)/t4?,5-/m1/s1. The molecule has 0 aliphatic heterocycles. The lowest BCUT2D eigenvalue weighted by molar-refractivity contribution is -0.119. The Morgan fingerprint density at radius 2 is 2.08 bits per heavy atom. The van der Waals surface area contributed by atoms with Crippen molar-refractivity contribution in [3.05, 3.63) is 0 Å². The van der Waals surface area contributed by atoms with Gasteiger partial charge in [0.15, 0.2) is 11.7 Å². The van der Waals surface area contributed by atoms with E-state index in [-0.39, 0.29) is 15.7 Å². The van der Waals surface area contributed by atoms with E-state index in [4.69, 9.17) is 17.2 Å². The van der Waals surface area contributed by atoms with Crippen molar-refractivity contribution in [1.82, 2.24) is 0 Å². The van der Waals surface area contributed by atoms with E-state index in [1.165, 1.54) is 0 Å². The van der Waals surface area contributed by atoms with Crippen LogP contribution in [0.4, 0.5) is 0 Å². The highest BCUT2D eigenvalue weighted by molar-refractivity contribution is 14.1. The molecule has 0 heterocycles. The van der Waals surface area contributed by atoms with Crippen LogP contribution in [-0.2, 0) is 4.79 Å². The van der Waals surface area contributed by atoms with E-state index in [2.05, 4.69) is 4.99 Å². The third-order valence-electron chi connectivity index (χ3n) is 1.49. The second kappa shape index (κ2) is 6.14. The van der Waals surface area contributed by atoms with Crippen LogP contribution in [0.3, 0.4) is 0 Å². The summed E-state index contributed by atoms with van der Waals surface area (Å²) in [5.41, 5.74) is 15.8. The summed E-state index contributed by atoms with van der Waals surface area (Å²) in [5, 5.41) is 0. The van der Waals surface area contributed by atoms with Crippen LogP contribution in [0.15, 0.2) is 4.99 Å². The molecule has 0 amide bonds. The van der Waals surface area contributed by atoms with Crippen LogP contribution in [0.5, 0.6) is 0 Å². The van der Waals surface area contributed by atoms with E-state index in [1.807, 2.05) is 29.5 Å². The van der Waals surface area contributed by atoms with Crippen LogP contribution in [-0.4, -0.2) is 28.3 Å². The van der Waals surface area contributed by atoms with Crippen LogP contribution in [0.2, 0.25) is 0 Å². The molecule has 0 aromatic rings. The first-order chi connectivity index (χ1) is 5.95. The monoisotopic (exact) mass is 298 g/mol. The summed E-state index contributed by atoms with van der Waals surface area (Å²) in [5.74, 6) is 0.0635. The molecule has 5 nitrogen and oxygen atoms in total. The first-order valence-corrected chi connectivity index (χ1v) is 5.18. The number of hydrogen-bond donors (Lipinski definition) is 3. The minimum absolute atomic E-state index is 0.0298. The van der Waals surface area contributed by atoms with Crippen molar-refractivity contribution < 1.29 is 4.79 Å². The molecule has 1 unspecified atom stereocenters. The van der Waals surface area contributed by atoms with Crippen LogP contribution in [0.25, 0.3) is 0 Å². The van der Waals surface area contributed by atoms with Gasteiger partial charge in [-0.25, -0.2) is 0 Å². The van der Waals surface area contributed by atoms with Crippen molar-refractivity contribution in [2.75, 3.05) is 6.54 Å². The van der Waals surface area contributed by atoms with Gasteiger partial charge >= 0.3 is 0 Å². The Morgan fingerprint density at radius 3 is 2.46 bits per heavy atom. The van der Waals surface area contributed by atoms with Gasteiger partial charge < -0.3 is 17.2 Å². The summed E-state index contributed by atoms with van der Waals surface area (Å²) in [6, 6.07) is -0.463. The highest BCUT2D eigenvalue weighted by atomic mass is 127. The summed E-state index contributed by atoms with van der Waals surface area (Å²) < 4.78 is -0.0631. The van der Waals surface area contributed by atoms with Gasteiger partial charge in [-0.1, -0.05) is 22.6 Å². The van der Waals surface area contributed by atoms with Gasteiger partial charge in [-0.2, -0.15) is 0 Å². The number of alkyl halides is 1. The SMILES string of the molecule is CC(I)C(=O)[C@H](N)CCN=C(N)N. The molecule has 0 aromatic heterocycles. The number of rotatable bonds is 5. The first-order valence-electron chi connectivity index (χ1n) is 3.94. The molecule has 6 heteroatoms. The van der Waals surface area contributed by atoms with Crippen molar-refractivity contribution in [2.24, 2.45) is 22.2 Å². The van der Waals surface area contributed by atoms with Crippen molar-refractivity contribution in [2.45, 2.75) is 23.3 Å². The average molecular weight is 298 g/mol. The summed E-state index contributed by atoms with van der Waals surface area (Å²) in [6.45, 7) is 2.21. The van der Waals surface area contributed by atoms with Crippen molar-refractivity contribution in [3.63, 3.8) is 0 Å². The second-order valence-electron chi connectivity index (χ2n) is 2.72. The largest absolute Gasteiger partial charge is 0.370 e. The molecule has 0 aromatic carbocycles. The van der Waals surface area contributed by atoms with Gasteiger partial charge in [-0.3, -0.25) is 9.79 Å². The summed E-state index contributed by atoms with van der Waals surface area (Å²) in [7, 11) is 0. The lowest BCUT2D eigenvalue weighted by Crippen LogP contribution is -2.35. The minimum atomic E-state index is -0.463. The highest BCUT2D eigenvalue weighted by Crippen LogP contribution is 2.04. The molecule has 0 fully saturated rings. The topological polar surface area (TPSA) is 107 Å². The molecule has 0 spiro atoms. The Labute approximate surface area is 91.3 Å². The third-order valence-corrected chi connectivity index (χ3v) is 2.11. The van der Waals surface area contributed by atoms with Crippen LogP contribution < -0.4 is 17.2 Å². The fourth-order valence-corrected chi connectivity index (χ4v) is 1.23. The summed E-state index contributed by atoms with van der Waals surface area (Å²) in [6.07, 6.45) is 0.490. The van der Waals surface area contributed by atoms with Crippen molar-refractivity contribution in [3.8, 4) is 0 Å². The first kappa shape index (κ1) is 12.6. The zero-order valence-corrected chi connectivity index (χ0v) is 9.69. The number of hydrogen-bond acceptors (Lipinski definition) is 3. The normalized spacial score (nSPS) is 14.7. The molecule has 0 saturated carbocycles. The van der Waals surface area contributed by atoms with Crippen LogP contribution >= 0.6 is 22.6 Å². The summed E-state index contributed by atoms with van der Waals surface area (Å²) in [4.78, 5) is 15.0. The number of guanidine groups is 1. The number of Topliss-reactive ketones (excluding diaryl/α,β-unsaturated/α-hetero) is 1. The van der Waals surface area contributed by atoms with E-state index < -0.39 is 6.04 Å². The Kier molecular flexibility index (Phi) is 5.97. The van der Waals surface area contributed by atoms with Gasteiger partial charge in [0.25, 0.3) is 0 Å². The fraction of sp³-hybridized carbons (Fsp3) is 0.714.